The number of primary amides is 1. The maximum Gasteiger partial charge on any atom is 0.332 e. The molecular formula is C12H15N7O4. The zero-order chi connectivity index (χ0) is 16.7. The Labute approximate surface area is 129 Å². The van der Waals surface area contributed by atoms with Crippen LogP contribution in [0.15, 0.2) is 14.1 Å². The molecule has 0 saturated heterocycles. The fourth-order valence-electron chi connectivity index (χ4n) is 2.49. The predicted octanol–water partition coefficient (Wildman–Crippen LogP) is -2.04. The van der Waals surface area contributed by atoms with Gasteiger partial charge in [-0.25, -0.2) is 9.36 Å². The Morgan fingerprint density at radius 1 is 1.43 bits per heavy atom. The molecule has 1 aliphatic rings. The van der Waals surface area contributed by atoms with Crippen LogP contribution >= 0.6 is 0 Å². The van der Waals surface area contributed by atoms with Gasteiger partial charge in [-0.2, -0.15) is 4.98 Å². The van der Waals surface area contributed by atoms with Crippen molar-refractivity contribution in [2.75, 3.05) is 23.4 Å². The van der Waals surface area contributed by atoms with Gasteiger partial charge in [0.2, 0.25) is 11.8 Å². The number of carbonyl (C=O) groups is 1. The molecule has 0 aromatic carbocycles. The Morgan fingerprint density at radius 2 is 2.17 bits per heavy atom. The fraction of sp³-hybridized carbons (Fsp3) is 0.417. The van der Waals surface area contributed by atoms with E-state index in [-0.39, 0.29) is 31.3 Å². The van der Waals surface area contributed by atoms with Gasteiger partial charge in [0.25, 0.3) is 5.56 Å². The molecule has 0 spiro atoms. The molecule has 0 aliphatic carbocycles. The molecule has 1 amide bonds. The van der Waals surface area contributed by atoms with Crippen LogP contribution in [0, 0.1) is 6.92 Å². The molecule has 11 heteroatoms. The highest BCUT2D eigenvalue weighted by Gasteiger charge is 2.28. The molecule has 122 valence electrons. The molecule has 0 atom stereocenters. The third-order valence-electron chi connectivity index (χ3n) is 3.49. The van der Waals surface area contributed by atoms with E-state index < -0.39 is 17.2 Å². The standard InChI is InChI=1S/C12H15N7O4/c1-6-15-8(23-16-6)4-19-11(21)9-10(17(2)12(19)22)14-5-18(9)3-7(13)20/h14H,3-5H2,1-2H3,(H2,13,20). The topological polar surface area (TPSA) is 141 Å². The summed E-state index contributed by atoms with van der Waals surface area (Å²) in [5.41, 5.74) is 4.32. The van der Waals surface area contributed by atoms with Gasteiger partial charge in [0, 0.05) is 7.05 Å². The molecule has 0 fully saturated rings. The van der Waals surface area contributed by atoms with Crippen molar-refractivity contribution in [2.45, 2.75) is 13.5 Å². The summed E-state index contributed by atoms with van der Waals surface area (Å²) in [6.45, 7) is 1.57. The van der Waals surface area contributed by atoms with Gasteiger partial charge in [-0.1, -0.05) is 5.16 Å². The lowest BCUT2D eigenvalue weighted by Gasteiger charge is -2.16. The number of amides is 1. The van der Waals surface area contributed by atoms with Crippen LogP contribution in [0.3, 0.4) is 0 Å². The third kappa shape index (κ3) is 2.45. The number of fused-ring (bicyclic) bond motifs is 1. The molecule has 3 rings (SSSR count). The molecule has 3 heterocycles. The van der Waals surface area contributed by atoms with Gasteiger partial charge in [0.05, 0.1) is 13.2 Å². The molecule has 23 heavy (non-hydrogen) atoms. The number of nitrogens with one attached hydrogen (secondary N) is 1. The number of aromatic nitrogens is 4. The quantitative estimate of drug-likeness (QED) is 0.656. The van der Waals surface area contributed by atoms with Crippen LogP contribution in [-0.4, -0.2) is 38.4 Å². The Morgan fingerprint density at radius 3 is 2.78 bits per heavy atom. The van der Waals surface area contributed by atoms with E-state index in [1.807, 2.05) is 0 Å². The molecule has 1 aliphatic heterocycles. The zero-order valence-corrected chi connectivity index (χ0v) is 12.6. The first-order chi connectivity index (χ1) is 10.9. The summed E-state index contributed by atoms with van der Waals surface area (Å²) < 4.78 is 7.23. The summed E-state index contributed by atoms with van der Waals surface area (Å²) in [7, 11) is 1.52. The predicted molar refractivity (Wildman–Crippen MR) is 79.1 cm³/mol. The first-order valence-electron chi connectivity index (χ1n) is 6.78. The highest BCUT2D eigenvalue weighted by molar-refractivity contribution is 5.82. The van der Waals surface area contributed by atoms with Gasteiger partial charge in [-0.3, -0.25) is 14.2 Å². The second kappa shape index (κ2) is 5.26. The van der Waals surface area contributed by atoms with E-state index in [1.165, 1.54) is 16.5 Å². The highest BCUT2D eigenvalue weighted by Crippen LogP contribution is 2.24. The number of hydrogen-bond acceptors (Lipinski definition) is 8. The lowest BCUT2D eigenvalue weighted by atomic mass is 10.4. The average Bonchev–Trinajstić information content (AvgIpc) is 3.07. The molecular weight excluding hydrogens is 306 g/mol. The van der Waals surface area contributed by atoms with Crippen molar-refractivity contribution in [3.8, 4) is 0 Å². The number of anilines is 2. The molecule has 2 aromatic rings. The summed E-state index contributed by atoms with van der Waals surface area (Å²) >= 11 is 0. The van der Waals surface area contributed by atoms with Crippen LogP contribution in [0.5, 0.6) is 0 Å². The smallest absolute Gasteiger partial charge is 0.332 e. The highest BCUT2D eigenvalue weighted by atomic mass is 16.5. The van der Waals surface area contributed by atoms with Crippen molar-refractivity contribution >= 4 is 17.4 Å². The number of hydrogen-bond donors (Lipinski definition) is 2. The second-order valence-corrected chi connectivity index (χ2v) is 5.16. The summed E-state index contributed by atoms with van der Waals surface area (Å²) in [6, 6.07) is 0. The molecule has 0 bridgehead atoms. The van der Waals surface area contributed by atoms with E-state index in [9.17, 15) is 14.4 Å². The number of carbonyl (C=O) groups excluding carboxylic acids is 1. The van der Waals surface area contributed by atoms with Crippen LogP contribution in [0.25, 0.3) is 0 Å². The fourth-order valence-corrected chi connectivity index (χ4v) is 2.49. The van der Waals surface area contributed by atoms with Crippen molar-refractivity contribution in [1.29, 1.82) is 0 Å². The van der Waals surface area contributed by atoms with E-state index >= 15 is 0 Å². The normalized spacial score (nSPS) is 13.0. The lowest BCUT2D eigenvalue weighted by molar-refractivity contribution is -0.116. The number of nitrogens with zero attached hydrogens (tertiary/aromatic N) is 5. The Bertz CT molecular complexity index is 894. The van der Waals surface area contributed by atoms with E-state index in [0.29, 0.717) is 11.6 Å². The van der Waals surface area contributed by atoms with Gasteiger partial charge < -0.3 is 20.5 Å². The largest absolute Gasteiger partial charge is 0.368 e. The minimum Gasteiger partial charge on any atom is -0.368 e. The van der Waals surface area contributed by atoms with Crippen LogP contribution in [0.4, 0.5) is 11.5 Å². The van der Waals surface area contributed by atoms with Crippen LogP contribution < -0.4 is 27.2 Å². The van der Waals surface area contributed by atoms with Crippen molar-refractivity contribution < 1.29 is 9.32 Å². The van der Waals surface area contributed by atoms with E-state index in [1.54, 1.807) is 6.92 Å². The Balaban J connectivity index is 2.11. The molecule has 0 saturated carbocycles. The molecule has 2 aromatic heterocycles. The van der Waals surface area contributed by atoms with Crippen molar-refractivity contribution in [3.05, 3.63) is 32.6 Å². The Hall–Kier alpha value is -3.11. The van der Waals surface area contributed by atoms with Crippen LogP contribution in [0.1, 0.15) is 11.7 Å². The number of rotatable bonds is 4. The molecule has 0 radical (unpaired) electrons. The third-order valence-corrected chi connectivity index (χ3v) is 3.49. The zero-order valence-electron chi connectivity index (χ0n) is 12.6. The van der Waals surface area contributed by atoms with Crippen LogP contribution in [-0.2, 0) is 18.4 Å². The van der Waals surface area contributed by atoms with Gasteiger partial charge in [-0.15, -0.1) is 0 Å². The van der Waals surface area contributed by atoms with E-state index in [0.717, 1.165) is 4.57 Å². The van der Waals surface area contributed by atoms with Gasteiger partial charge in [0.1, 0.15) is 18.1 Å². The SMILES string of the molecule is Cc1noc(Cn2c(=O)c3c(n(C)c2=O)NCN3CC(N)=O)n1. The van der Waals surface area contributed by atoms with Crippen LogP contribution in [0.2, 0.25) is 0 Å². The van der Waals surface area contributed by atoms with Crippen molar-refractivity contribution in [1.82, 2.24) is 19.3 Å². The number of aryl methyl sites for hydroxylation is 1. The minimum atomic E-state index is -0.577. The summed E-state index contributed by atoms with van der Waals surface area (Å²) in [6.07, 6.45) is 0. The summed E-state index contributed by atoms with van der Waals surface area (Å²) in [4.78, 5) is 41.7. The number of nitrogens with two attached hydrogens (primary N) is 1. The first kappa shape index (κ1) is 14.8. The minimum absolute atomic E-state index is 0.132. The van der Waals surface area contributed by atoms with E-state index in [4.69, 9.17) is 10.3 Å². The maximum atomic E-state index is 12.7. The summed E-state index contributed by atoms with van der Waals surface area (Å²) in [5, 5.41) is 6.54. The van der Waals surface area contributed by atoms with Gasteiger partial charge in [0.15, 0.2) is 5.82 Å². The van der Waals surface area contributed by atoms with Crippen molar-refractivity contribution in [2.24, 2.45) is 12.8 Å². The van der Waals surface area contributed by atoms with Gasteiger partial charge >= 0.3 is 5.69 Å². The lowest BCUT2D eigenvalue weighted by Crippen LogP contribution is -2.42. The van der Waals surface area contributed by atoms with Crippen molar-refractivity contribution in [3.63, 3.8) is 0 Å². The second-order valence-electron chi connectivity index (χ2n) is 5.16. The van der Waals surface area contributed by atoms with Gasteiger partial charge in [-0.05, 0) is 6.92 Å². The average molecular weight is 321 g/mol. The maximum absolute atomic E-state index is 12.7. The Kier molecular flexibility index (Phi) is 3.39. The first-order valence-corrected chi connectivity index (χ1v) is 6.78. The monoisotopic (exact) mass is 321 g/mol. The molecule has 11 nitrogen and oxygen atoms in total. The summed E-state index contributed by atoms with van der Waals surface area (Å²) in [5.74, 6) is 0.323. The molecule has 0 unspecified atom stereocenters. The molecule has 3 N–H and O–H groups in total. The van der Waals surface area contributed by atoms with E-state index in [2.05, 4.69) is 15.5 Å².